The van der Waals surface area contributed by atoms with Crippen LogP contribution in [0.4, 0.5) is 0 Å². The largest absolute Gasteiger partial charge is 0.480 e. The van der Waals surface area contributed by atoms with Crippen LogP contribution in [-0.2, 0) is 32.2 Å². The smallest absolute Gasteiger partial charge is 0.321 e. The summed E-state index contributed by atoms with van der Waals surface area (Å²) in [7, 11) is -6.46. The van der Waals surface area contributed by atoms with Gasteiger partial charge in [-0.3, -0.25) is 10.1 Å². The Morgan fingerprint density at radius 1 is 1.10 bits per heavy atom. The van der Waals surface area contributed by atoms with Gasteiger partial charge in [-0.1, -0.05) is 47.3 Å². The summed E-state index contributed by atoms with van der Waals surface area (Å²) in [5, 5.41) is 14.6. The highest BCUT2D eigenvalue weighted by molar-refractivity contribution is 7.90. The number of carboxylic acids is 1. The number of rotatable bonds is 8. The first-order valence-corrected chi connectivity index (χ1v) is 16.5. The molecule has 4 rings (SSSR count). The first-order chi connectivity index (χ1) is 18.3. The number of hydrogen-bond acceptors (Lipinski definition) is 6. The summed E-state index contributed by atoms with van der Waals surface area (Å²) in [6.45, 7) is 1.62. The number of sulfone groups is 1. The summed E-state index contributed by atoms with van der Waals surface area (Å²) in [4.78, 5) is 12.0. The van der Waals surface area contributed by atoms with Crippen LogP contribution in [0, 0.1) is 11.6 Å². The Morgan fingerprint density at radius 3 is 2.49 bits per heavy atom. The van der Waals surface area contributed by atoms with E-state index in [1.54, 1.807) is 49.3 Å². The van der Waals surface area contributed by atoms with Gasteiger partial charge in [0.05, 0.1) is 11.2 Å². The molecule has 2 N–H and O–H groups in total. The highest BCUT2D eigenvalue weighted by Gasteiger charge is 2.20. The molecule has 0 spiro atoms. The summed E-state index contributed by atoms with van der Waals surface area (Å²) >= 11 is 12.9. The van der Waals surface area contributed by atoms with Crippen LogP contribution in [0.1, 0.15) is 16.7 Å². The lowest BCUT2D eigenvalue weighted by Crippen LogP contribution is -2.38. The molecule has 39 heavy (non-hydrogen) atoms. The van der Waals surface area contributed by atoms with E-state index in [1.807, 2.05) is 12.1 Å². The van der Waals surface area contributed by atoms with Gasteiger partial charge in [-0.2, -0.15) is 0 Å². The van der Waals surface area contributed by atoms with Gasteiger partial charge in [-0.05, 0) is 60.1 Å². The maximum atomic E-state index is 13.3. The van der Waals surface area contributed by atoms with Crippen molar-refractivity contribution in [2.24, 2.45) is 0 Å². The minimum absolute atomic E-state index is 0.0452. The second-order valence-corrected chi connectivity index (χ2v) is 14.5. The van der Waals surface area contributed by atoms with Crippen LogP contribution in [0.15, 0.2) is 76.2 Å². The van der Waals surface area contributed by atoms with Crippen LogP contribution in [0.25, 0.3) is 11.0 Å². The van der Waals surface area contributed by atoms with Gasteiger partial charge in [0.25, 0.3) is 0 Å². The van der Waals surface area contributed by atoms with Crippen molar-refractivity contribution in [1.82, 2.24) is 5.32 Å². The lowest BCUT2D eigenvalue weighted by Gasteiger charge is -2.16. The maximum Gasteiger partial charge on any atom is 0.321 e. The number of fused-ring (bicyclic) bond motifs is 1. The van der Waals surface area contributed by atoms with Crippen LogP contribution >= 0.6 is 30.3 Å². The molecule has 0 fully saturated rings. The van der Waals surface area contributed by atoms with E-state index in [0.717, 1.165) is 11.6 Å². The Kier molecular flexibility index (Phi) is 8.60. The van der Waals surface area contributed by atoms with Crippen molar-refractivity contribution in [3.8, 4) is 11.6 Å². The number of carbonyl (C=O) groups is 1. The number of carboxylic acid groups (broad SMARTS) is 1. The van der Waals surface area contributed by atoms with Gasteiger partial charge < -0.3 is 14.1 Å². The average Bonchev–Trinajstić information content (AvgIpc) is 3.34. The molecular formula is C28H24Cl2NO6PS. The maximum absolute atomic E-state index is 13.3. The minimum atomic E-state index is -3.42. The van der Waals surface area contributed by atoms with Crippen molar-refractivity contribution in [2.45, 2.75) is 23.9 Å². The number of aliphatic carboxylic acids is 1. The standard InChI is InChI=1S/C28H24Cl2NO6PS/c1-38(34,21-7-6-20-8-10-37-27(20)16-21)11-9-19-13-24(29)23(25(30)14-19)17-31-26(28(32)33)15-18-4-3-5-22(12-18)39(2,35)36/h3-8,10,12-14,16,26,31H,15,17H2,1-2H3,(H,32,33)/t26-,38?/m0/s1. The molecule has 2 atom stereocenters. The Balaban J connectivity index is 1.50. The molecule has 1 aromatic heterocycles. The molecule has 0 aliphatic heterocycles. The van der Waals surface area contributed by atoms with Crippen LogP contribution in [0.2, 0.25) is 10.0 Å². The molecule has 4 aromatic rings. The molecule has 0 radical (unpaired) electrons. The molecule has 11 heteroatoms. The van der Waals surface area contributed by atoms with Gasteiger partial charge in [-0.15, -0.1) is 0 Å². The zero-order chi connectivity index (χ0) is 28.4. The zero-order valence-corrected chi connectivity index (χ0v) is 24.2. The van der Waals surface area contributed by atoms with Gasteiger partial charge >= 0.3 is 5.97 Å². The average molecular weight is 604 g/mol. The predicted octanol–water partition coefficient (Wildman–Crippen LogP) is 5.56. The quantitative estimate of drug-likeness (QED) is 0.200. The molecule has 202 valence electrons. The van der Waals surface area contributed by atoms with Gasteiger partial charge in [0.1, 0.15) is 11.6 Å². The number of nitrogens with one attached hydrogen (secondary N) is 1. The summed E-state index contributed by atoms with van der Waals surface area (Å²) in [5.41, 5.74) is 4.95. The van der Waals surface area contributed by atoms with E-state index in [0.29, 0.717) is 27.6 Å². The number of benzene rings is 3. The molecule has 0 saturated heterocycles. The fourth-order valence-electron chi connectivity index (χ4n) is 3.90. The summed E-state index contributed by atoms with van der Waals surface area (Å²) < 4.78 is 42.4. The van der Waals surface area contributed by atoms with Crippen LogP contribution in [-0.4, -0.2) is 38.5 Å². The van der Waals surface area contributed by atoms with E-state index >= 15 is 0 Å². The SMILES string of the molecule is CP(=O)(C#Cc1cc(Cl)c(CN[C@@H](Cc2cccc(S(C)(=O)=O)c2)C(=O)O)c(Cl)c1)c1ccc2ccoc2c1. The first-order valence-electron chi connectivity index (χ1n) is 11.7. The molecule has 0 saturated carbocycles. The number of hydrogen-bond donors (Lipinski definition) is 2. The topological polar surface area (TPSA) is 114 Å². The molecule has 1 unspecified atom stereocenters. The molecule has 0 bridgehead atoms. The molecule has 3 aromatic carbocycles. The molecule has 0 aliphatic carbocycles. The van der Waals surface area contributed by atoms with E-state index in [9.17, 15) is 22.9 Å². The van der Waals surface area contributed by atoms with Gasteiger partial charge in [0, 0.05) is 51.3 Å². The molecule has 7 nitrogen and oxygen atoms in total. The molecule has 1 heterocycles. The van der Waals surface area contributed by atoms with E-state index in [2.05, 4.69) is 16.9 Å². The third-order valence-corrected chi connectivity index (χ3v) is 9.66. The number of furan rings is 1. The predicted molar refractivity (Wildman–Crippen MR) is 154 cm³/mol. The fraction of sp³-hybridized carbons (Fsp3) is 0.179. The molecular weight excluding hydrogens is 580 g/mol. The van der Waals surface area contributed by atoms with Crippen LogP contribution < -0.4 is 10.6 Å². The fourth-order valence-corrected chi connectivity index (χ4v) is 6.41. The normalized spacial score (nSPS) is 13.8. The van der Waals surface area contributed by atoms with Gasteiger partial charge in [0.15, 0.2) is 17.0 Å². The van der Waals surface area contributed by atoms with E-state index < -0.39 is 29.0 Å². The Morgan fingerprint density at radius 2 is 1.82 bits per heavy atom. The highest BCUT2D eigenvalue weighted by atomic mass is 35.5. The lowest BCUT2D eigenvalue weighted by atomic mass is 10.1. The summed E-state index contributed by atoms with van der Waals surface area (Å²) in [5.74, 6) is 1.78. The van der Waals surface area contributed by atoms with Crippen LogP contribution in [0.3, 0.4) is 0 Å². The Labute approximate surface area is 236 Å². The second kappa shape index (κ2) is 11.6. The summed E-state index contributed by atoms with van der Waals surface area (Å²) in [6, 6.07) is 15.4. The van der Waals surface area contributed by atoms with Crippen molar-refractivity contribution >= 4 is 62.4 Å². The van der Waals surface area contributed by atoms with E-state index in [4.69, 9.17) is 27.6 Å². The van der Waals surface area contributed by atoms with Crippen molar-refractivity contribution < 1.29 is 27.3 Å². The van der Waals surface area contributed by atoms with E-state index in [-0.39, 0.29) is 27.9 Å². The van der Waals surface area contributed by atoms with Crippen molar-refractivity contribution in [2.75, 3.05) is 12.9 Å². The second-order valence-electron chi connectivity index (χ2n) is 9.12. The Hall–Kier alpha value is -3.05. The summed E-state index contributed by atoms with van der Waals surface area (Å²) in [6.07, 6.45) is 2.71. The highest BCUT2D eigenvalue weighted by Crippen LogP contribution is 2.39. The Bertz CT molecular complexity index is 1770. The third-order valence-electron chi connectivity index (χ3n) is 6.08. The van der Waals surface area contributed by atoms with Crippen LogP contribution in [0.5, 0.6) is 0 Å². The first kappa shape index (κ1) is 28.9. The minimum Gasteiger partial charge on any atom is -0.480 e. The monoisotopic (exact) mass is 603 g/mol. The van der Waals surface area contributed by atoms with Crippen molar-refractivity contribution in [1.29, 1.82) is 0 Å². The van der Waals surface area contributed by atoms with Gasteiger partial charge in [-0.25, -0.2) is 8.42 Å². The van der Waals surface area contributed by atoms with Gasteiger partial charge in [0.2, 0.25) is 0 Å². The molecule has 0 aliphatic rings. The lowest BCUT2D eigenvalue weighted by molar-refractivity contribution is -0.139. The van der Waals surface area contributed by atoms with Crippen molar-refractivity contribution in [3.05, 3.63) is 93.7 Å². The third kappa shape index (κ3) is 7.13. The molecule has 0 amide bonds. The number of halogens is 2. The zero-order valence-electron chi connectivity index (χ0n) is 20.9. The van der Waals surface area contributed by atoms with E-state index in [1.165, 1.54) is 12.1 Å². The van der Waals surface area contributed by atoms with Crippen molar-refractivity contribution in [3.63, 3.8) is 0 Å².